The molecule has 3 rings (SSSR count). The van der Waals surface area contributed by atoms with Gasteiger partial charge in [-0.15, -0.1) is 0 Å². The number of ether oxygens (including phenoxy) is 1. The third-order valence-corrected chi connectivity index (χ3v) is 6.74. The molecule has 1 unspecified atom stereocenters. The van der Waals surface area contributed by atoms with Crippen molar-refractivity contribution in [3.8, 4) is 0 Å². The summed E-state index contributed by atoms with van der Waals surface area (Å²) < 4.78 is 5.88. The van der Waals surface area contributed by atoms with Crippen LogP contribution in [0.1, 0.15) is 32.7 Å². The number of carboxylic acid groups (broad SMARTS) is 1. The Kier molecular flexibility index (Phi) is 5.74. The molecule has 0 aliphatic carbocycles. The van der Waals surface area contributed by atoms with Gasteiger partial charge in [-0.05, 0) is 0 Å². The van der Waals surface area contributed by atoms with Gasteiger partial charge in [-0.1, -0.05) is 0 Å². The molecule has 0 saturated carbocycles. The molecule has 1 aliphatic rings. The van der Waals surface area contributed by atoms with Crippen LogP contribution in [-0.2, 0) is 4.74 Å². The molecule has 1 aliphatic heterocycles. The molecule has 0 amide bonds. The van der Waals surface area contributed by atoms with Crippen molar-refractivity contribution in [3.05, 3.63) is 70.3 Å². The van der Waals surface area contributed by atoms with Gasteiger partial charge in [0, 0.05) is 0 Å². The second kappa shape index (κ2) is 8.01. The Morgan fingerprint density at radius 2 is 1.88 bits per heavy atom. The predicted molar refractivity (Wildman–Crippen MR) is 99.4 cm³/mol. The van der Waals surface area contributed by atoms with E-state index in [1.165, 1.54) is 11.6 Å². The zero-order chi connectivity index (χ0) is 17.8. The van der Waals surface area contributed by atoms with Crippen LogP contribution in [0.25, 0.3) is 5.57 Å². The van der Waals surface area contributed by atoms with Crippen LogP contribution in [0.5, 0.6) is 0 Å². The van der Waals surface area contributed by atoms with E-state index in [0.717, 1.165) is 12.0 Å². The summed E-state index contributed by atoms with van der Waals surface area (Å²) in [5, 5.41) is 9.64. The SMILES string of the molecule is O=C([AsH]c1ccc(Cl)cc1C(=O)O)c1ccc(C2=CCOCC2)cc1. The van der Waals surface area contributed by atoms with Crippen molar-refractivity contribution in [2.75, 3.05) is 13.2 Å². The van der Waals surface area contributed by atoms with E-state index < -0.39 is 21.7 Å². The molecule has 0 spiro atoms. The molecule has 25 heavy (non-hydrogen) atoms. The Labute approximate surface area is 157 Å². The Bertz CT molecular complexity index is 843. The van der Waals surface area contributed by atoms with E-state index >= 15 is 0 Å². The van der Waals surface area contributed by atoms with Crippen molar-refractivity contribution in [1.82, 2.24) is 0 Å². The molecular weight excluding hydrogens is 403 g/mol. The summed E-state index contributed by atoms with van der Waals surface area (Å²) in [4.78, 5) is 23.9. The number of hydrogen-bond donors (Lipinski definition) is 1. The fourth-order valence-electron chi connectivity index (χ4n) is 2.62. The van der Waals surface area contributed by atoms with E-state index in [-0.39, 0.29) is 10.1 Å². The minimum atomic E-state index is -1.28. The van der Waals surface area contributed by atoms with Gasteiger partial charge in [0.2, 0.25) is 0 Å². The minimum absolute atomic E-state index is 0.00247. The fraction of sp³-hybridized carbons (Fsp3) is 0.158. The van der Waals surface area contributed by atoms with Gasteiger partial charge in [0.05, 0.1) is 0 Å². The van der Waals surface area contributed by atoms with Crippen LogP contribution in [-0.4, -0.2) is 44.6 Å². The van der Waals surface area contributed by atoms with Crippen molar-refractivity contribution in [3.63, 3.8) is 0 Å². The van der Waals surface area contributed by atoms with E-state index in [9.17, 15) is 14.7 Å². The number of carbonyl (C=O) groups is 2. The van der Waals surface area contributed by atoms with Crippen molar-refractivity contribution in [1.29, 1.82) is 0 Å². The van der Waals surface area contributed by atoms with Crippen LogP contribution in [0.3, 0.4) is 0 Å². The van der Waals surface area contributed by atoms with E-state index in [4.69, 9.17) is 16.3 Å². The molecule has 4 nitrogen and oxygen atoms in total. The molecule has 1 atom stereocenters. The molecule has 0 bridgehead atoms. The quantitative estimate of drug-likeness (QED) is 0.759. The first-order valence-corrected chi connectivity index (χ1v) is 10.2. The monoisotopic (exact) mass is 418 g/mol. The first-order chi connectivity index (χ1) is 12.0. The second-order valence-corrected chi connectivity index (χ2v) is 8.62. The molecule has 6 heteroatoms. The molecule has 1 N–H and O–H groups in total. The summed E-state index contributed by atoms with van der Waals surface area (Å²) in [7, 11) is 0. The van der Waals surface area contributed by atoms with Gasteiger partial charge in [-0.3, -0.25) is 0 Å². The Morgan fingerprint density at radius 3 is 2.52 bits per heavy atom. The molecule has 1 heterocycles. The van der Waals surface area contributed by atoms with Crippen molar-refractivity contribution in [2.45, 2.75) is 6.42 Å². The topological polar surface area (TPSA) is 63.6 Å². The molecule has 2 aromatic carbocycles. The average Bonchev–Trinajstić information content (AvgIpc) is 2.64. The number of aromatic carboxylic acids is 1. The van der Waals surface area contributed by atoms with Gasteiger partial charge < -0.3 is 0 Å². The maximum absolute atomic E-state index is 12.6. The van der Waals surface area contributed by atoms with Crippen LogP contribution in [0, 0.1) is 0 Å². The molecular formula is C19H16AsClO4. The van der Waals surface area contributed by atoms with Gasteiger partial charge in [0.1, 0.15) is 0 Å². The van der Waals surface area contributed by atoms with Crippen LogP contribution in [0.2, 0.25) is 5.02 Å². The van der Waals surface area contributed by atoms with Crippen molar-refractivity contribution < 1.29 is 19.4 Å². The first kappa shape index (κ1) is 17.9. The standard InChI is InChI=1S/C19H16AsClO4/c21-15-5-6-17(16(11-15)19(23)24)20-18(22)14-3-1-12(2-4-14)13-7-9-25-10-8-13/h1-7,11,20H,8-10H2,(H,23,24). The Morgan fingerprint density at radius 1 is 1.12 bits per heavy atom. The summed E-state index contributed by atoms with van der Waals surface area (Å²) in [5.74, 6) is -1.06. The van der Waals surface area contributed by atoms with Crippen LogP contribution in [0.4, 0.5) is 0 Å². The molecule has 128 valence electrons. The predicted octanol–water partition coefficient (Wildman–Crippen LogP) is 2.74. The molecule has 0 saturated heterocycles. The summed E-state index contributed by atoms with van der Waals surface area (Å²) >= 11 is 4.58. The number of hydrogen-bond acceptors (Lipinski definition) is 3. The van der Waals surface area contributed by atoms with Gasteiger partial charge in [0.25, 0.3) is 0 Å². The van der Waals surface area contributed by atoms with Crippen molar-refractivity contribution in [2.24, 2.45) is 0 Å². The maximum atomic E-state index is 12.6. The second-order valence-electron chi connectivity index (χ2n) is 5.58. The normalized spacial score (nSPS) is 14.5. The average molecular weight is 419 g/mol. The van der Waals surface area contributed by atoms with Crippen LogP contribution < -0.4 is 4.35 Å². The molecule has 0 radical (unpaired) electrons. The van der Waals surface area contributed by atoms with Crippen LogP contribution in [0.15, 0.2) is 48.5 Å². The van der Waals surface area contributed by atoms with Crippen molar-refractivity contribution >= 4 is 47.8 Å². The van der Waals surface area contributed by atoms with E-state index in [1.54, 1.807) is 12.1 Å². The third-order valence-electron chi connectivity index (χ3n) is 3.94. The molecule has 0 aromatic heterocycles. The van der Waals surface area contributed by atoms with Crippen LogP contribution >= 0.6 is 11.6 Å². The zero-order valence-electron chi connectivity index (χ0n) is 13.3. The zero-order valence-corrected chi connectivity index (χ0v) is 16.1. The summed E-state index contributed by atoms with van der Waals surface area (Å²) in [5.41, 5.74) is 3.05. The number of rotatable bonds is 5. The van der Waals surface area contributed by atoms with Gasteiger partial charge in [0.15, 0.2) is 0 Å². The summed E-state index contributed by atoms with van der Waals surface area (Å²) in [6.45, 7) is 1.34. The van der Waals surface area contributed by atoms with Gasteiger partial charge in [-0.2, -0.15) is 0 Å². The van der Waals surface area contributed by atoms with E-state index in [2.05, 4.69) is 6.08 Å². The molecule has 2 aromatic rings. The number of carbonyl (C=O) groups excluding carboxylic acids is 1. The van der Waals surface area contributed by atoms with Gasteiger partial charge >= 0.3 is 157 Å². The van der Waals surface area contributed by atoms with Gasteiger partial charge in [-0.25, -0.2) is 0 Å². The summed E-state index contributed by atoms with van der Waals surface area (Å²) in [6, 6.07) is 12.2. The molecule has 0 fully saturated rings. The third kappa shape index (κ3) is 4.40. The van der Waals surface area contributed by atoms with E-state index in [1.807, 2.05) is 24.3 Å². The van der Waals surface area contributed by atoms with E-state index in [0.29, 0.717) is 28.2 Å². The summed E-state index contributed by atoms with van der Waals surface area (Å²) in [6.07, 6.45) is 2.93. The number of halogens is 1. The fourth-order valence-corrected chi connectivity index (χ4v) is 4.97. The Balaban J connectivity index is 1.78. The number of benzene rings is 2. The number of carboxylic acids is 1. The Hall–Kier alpha value is -1.87. The first-order valence-electron chi connectivity index (χ1n) is 7.76.